The van der Waals surface area contributed by atoms with Gasteiger partial charge in [-0.25, -0.2) is 4.98 Å². The van der Waals surface area contributed by atoms with Gasteiger partial charge in [0.05, 0.1) is 28.5 Å². The van der Waals surface area contributed by atoms with Crippen molar-refractivity contribution in [2.75, 3.05) is 18.0 Å². The van der Waals surface area contributed by atoms with Crippen molar-refractivity contribution in [1.29, 1.82) is 5.26 Å². The Bertz CT molecular complexity index is 1060. The third-order valence-corrected chi connectivity index (χ3v) is 4.69. The lowest BCUT2D eigenvalue weighted by Crippen LogP contribution is -2.26. The number of nitrogens with one attached hydrogen (secondary N) is 2. The Kier molecular flexibility index (Phi) is 3.73. The van der Waals surface area contributed by atoms with E-state index in [0.717, 1.165) is 34.9 Å². The van der Waals surface area contributed by atoms with Crippen LogP contribution in [0, 0.1) is 17.2 Å². The SMILES string of the molecule is N#Cc1cc(-c2c[nH]c3cnc(N)cc23)cc(C(=O)NCC2CC2)c1N. The zero-order valence-electron chi connectivity index (χ0n) is 14.0. The standard InChI is InChI=1S/C19H18N6O/c20-6-12-3-11(15-8-23-16-9-24-17(21)5-13(15)16)4-14(18(12)22)19(26)25-7-10-1-2-10/h3-5,8-10,23H,1-2,7,22H2,(H2,21,24)(H,25,26). The summed E-state index contributed by atoms with van der Waals surface area (Å²) >= 11 is 0. The van der Waals surface area contributed by atoms with Crippen LogP contribution in [0.25, 0.3) is 22.0 Å². The van der Waals surface area contributed by atoms with Gasteiger partial charge in [-0.1, -0.05) is 0 Å². The molecule has 1 aliphatic rings. The first-order valence-electron chi connectivity index (χ1n) is 8.41. The van der Waals surface area contributed by atoms with E-state index < -0.39 is 0 Å². The number of nitriles is 1. The van der Waals surface area contributed by atoms with Crippen LogP contribution in [0.1, 0.15) is 28.8 Å². The molecule has 0 spiro atoms. The molecule has 0 atom stereocenters. The van der Waals surface area contributed by atoms with Crippen LogP contribution in [0.4, 0.5) is 11.5 Å². The number of fused-ring (bicyclic) bond motifs is 1. The molecule has 0 radical (unpaired) electrons. The summed E-state index contributed by atoms with van der Waals surface area (Å²) in [7, 11) is 0. The highest BCUT2D eigenvalue weighted by Crippen LogP contribution is 2.33. The number of H-pyrrole nitrogens is 1. The van der Waals surface area contributed by atoms with Crippen molar-refractivity contribution in [3.63, 3.8) is 0 Å². The number of benzene rings is 1. The summed E-state index contributed by atoms with van der Waals surface area (Å²) in [5.74, 6) is 0.702. The maximum atomic E-state index is 12.6. The Morgan fingerprint density at radius 3 is 2.88 bits per heavy atom. The number of hydrogen-bond acceptors (Lipinski definition) is 5. The fourth-order valence-electron chi connectivity index (χ4n) is 3.02. The fourth-order valence-corrected chi connectivity index (χ4v) is 3.02. The number of rotatable bonds is 4. The van der Waals surface area contributed by atoms with Crippen LogP contribution in [-0.4, -0.2) is 22.4 Å². The number of hydrogen-bond donors (Lipinski definition) is 4. The number of carbonyl (C=O) groups is 1. The van der Waals surface area contributed by atoms with Gasteiger partial charge in [0.2, 0.25) is 0 Å². The quantitative estimate of drug-likeness (QED) is 0.538. The van der Waals surface area contributed by atoms with Gasteiger partial charge in [0.25, 0.3) is 5.91 Å². The minimum Gasteiger partial charge on any atom is -0.397 e. The van der Waals surface area contributed by atoms with Gasteiger partial charge in [-0.15, -0.1) is 0 Å². The molecule has 2 aromatic heterocycles. The molecule has 130 valence electrons. The maximum Gasteiger partial charge on any atom is 0.253 e. The van der Waals surface area contributed by atoms with Gasteiger partial charge < -0.3 is 21.8 Å². The van der Waals surface area contributed by atoms with Gasteiger partial charge in [-0.2, -0.15) is 5.26 Å². The lowest BCUT2D eigenvalue weighted by molar-refractivity contribution is 0.0952. The molecule has 7 heteroatoms. The molecule has 1 aliphatic carbocycles. The van der Waals surface area contributed by atoms with Crippen molar-refractivity contribution in [1.82, 2.24) is 15.3 Å². The smallest absolute Gasteiger partial charge is 0.253 e. The predicted octanol–water partition coefficient (Wildman–Crippen LogP) is 2.41. The van der Waals surface area contributed by atoms with E-state index in [4.69, 9.17) is 11.5 Å². The molecule has 0 bridgehead atoms. The average Bonchev–Trinajstić information content (AvgIpc) is 3.38. The second-order valence-electron chi connectivity index (χ2n) is 6.61. The van der Waals surface area contributed by atoms with Crippen LogP contribution in [0.5, 0.6) is 0 Å². The molecule has 1 aromatic carbocycles. The van der Waals surface area contributed by atoms with Gasteiger partial charge in [-0.05, 0) is 42.5 Å². The van der Waals surface area contributed by atoms with Crippen LogP contribution in [0.2, 0.25) is 0 Å². The summed E-state index contributed by atoms with van der Waals surface area (Å²) < 4.78 is 0. The lowest BCUT2D eigenvalue weighted by atomic mass is 9.97. The Morgan fingerprint density at radius 2 is 2.15 bits per heavy atom. The molecule has 1 amide bonds. The minimum atomic E-state index is -0.256. The fraction of sp³-hybridized carbons (Fsp3) is 0.211. The van der Waals surface area contributed by atoms with Gasteiger partial charge in [0.1, 0.15) is 11.9 Å². The van der Waals surface area contributed by atoms with E-state index in [1.807, 2.05) is 6.20 Å². The number of anilines is 2. The Hall–Kier alpha value is -3.53. The van der Waals surface area contributed by atoms with Crippen LogP contribution in [0.15, 0.2) is 30.6 Å². The number of aromatic amines is 1. The van der Waals surface area contributed by atoms with E-state index in [-0.39, 0.29) is 17.2 Å². The van der Waals surface area contributed by atoms with Crippen LogP contribution >= 0.6 is 0 Å². The Labute approximate surface area is 150 Å². The highest BCUT2D eigenvalue weighted by atomic mass is 16.1. The molecular weight excluding hydrogens is 328 g/mol. The number of amides is 1. The third kappa shape index (κ3) is 2.82. The van der Waals surface area contributed by atoms with Gasteiger partial charge in [0.15, 0.2) is 0 Å². The first-order chi connectivity index (χ1) is 12.6. The van der Waals surface area contributed by atoms with Crippen LogP contribution in [0.3, 0.4) is 0 Å². The number of nitrogens with two attached hydrogens (primary N) is 2. The van der Waals surface area contributed by atoms with E-state index >= 15 is 0 Å². The topological polar surface area (TPSA) is 134 Å². The van der Waals surface area contributed by atoms with E-state index in [1.165, 1.54) is 0 Å². The van der Waals surface area contributed by atoms with Crippen molar-refractivity contribution in [2.45, 2.75) is 12.8 Å². The number of nitrogen functional groups attached to an aromatic ring is 2. The first-order valence-corrected chi connectivity index (χ1v) is 8.41. The lowest BCUT2D eigenvalue weighted by Gasteiger charge is -2.11. The zero-order chi connectivity index (χ0) is 18.3. The van der Waals surface area contributed by atoms with E-state index in [2.05, 4.69) is 21.4 Å². The van der Waals surface area contributed by atoms with Crippen molar-refractivity contribution in [3.8, 4) is 17.2 Å². The number of carbonyl (C=O) groups excluding carboxylic acids is 1. The zero-order valence-corrected chi connectivity index (χ0v) is 14.0. The molecule has 3 aromatic rings. The molecular formula is C19H18N6O. The van der Waals surface area contributed by atoms with Crippen molar-refractivity contribution in [3.05, 3.63) is 41.7 Å². The molecule has 26 heavy (non-hydrogen) atoms. The van der Waals surface area contributed by atoms with Gasteiger partial charge in [-0.3, -0.25) is 4.79 Å². The monoisotopic (exact) mass is 346 g/mol. The highest BCUT2D eigenvalue weighted by Gasteiger charge is 2.23. The molecule has 1 fully saturated rings. The Balaban J connectivity index is 1.80. The molecule has 7 nitrogen and oxygen atoms in total. The van der Waals surface area contributed by atoms with Gasteiger partial charge in [0, 0.05) is 23.7 Å². The third-order valence-electron chi connectivity index (χ3n) is 4.69. The second kappa shape index (κ2) is 6.08. The van der Waals surface area contributed by atoms with Crippen molar-refractivity contribution < 1.29 is 4.79 Å². The second-order valence-corrected chi connectivity index (χ2v) is 6.61. The van der Waals surface area contributed by atoms with Crippen molar-refractivity contribution in [2.24, 2.45) is 5.92 Å². The number of pyridine rings is 1. The Morgan fingerprint density at radius 1 is 1.35 bits per heavy atom. The van der Waals surface area contributed by atoms with E-state index in [0.29, 0.717) is 23.8 Å². The van der Waals surface area contributed by atoms with Crippen LogP contribution < -0.4 is 16.8 Å². The minimum absolute atomic E-state index is 0.200. The summed E-state index contributed by atoms with van der Waals surface area (Å²) in [6.45, 7) is 0.639. The summed E-state index contributed by atoms with van der Waals surface area (Å²) in [5, 5.41) is 13.2. The average molecular weight is 346 g/mol. The van der Waals surface area contributed by atoms with Crippen LogP contribution in [-0.2, 0) is 0 Å². The van der Waals surface area contributed by atoms with Crippen molar-refractivity contribution >= 4 is 28.3 Å². The number of aromatic nitrogens is 2. The molecule has 0 aliphatic heterocycles. The van der Waals surface area contributed by atoms with E-state index in [1.54, 1.807) is 24.4 Å². The molecule has 4 rings (SSSR count). The largest absolute Gasteiger partial charge is 0.397 e. The highest BCUT2D eigenvalue weighted by molar-refractivity contribution is 6.04. The normalized spacial score (nSPS) is 13.5. The molecule has 1 saturated carbocycles. The maximum absolute atomic E-state index is 12.6. The predicted molar refractivity (Wildman–Crippen MR) is 100 cm³/mol. The summed E-state index contributed by atoms with van der Waals surface area (Å²) in [4.78, 5) is 19.8. The molecule has 0 saturated heterocycles. The molecule has 0 unspecified atom stereocenters. The van der Waals surface area contributed by atoms with E-state index in [9.17, 15) is 10.1 Å². The summed E-state index contributed by atoms with van der Waals surface area (Å²) in [6, 6.07) is 7.24. The first kappa shape index (κ1) is 16.0. The number of nitrogens with zero attached hydrogens (tertiary/aromatic N) is 2. The summed E-state index contributed by atoms with van der Waals surface area (Å²) in [5.41, 5.74) is 15.0. The molecule has 2 heterocycles. The molecule has 6 N–H and O–H groups in total. The summed E-state index contributed by atoms with van der Waals surface area (Å²) in [6.07, 6.45) is 5.75. The van der Waals surface area contributed by atoms with Gasteiger partial charge >= 0.3 is 0 Å².